The van der Waals surface area contributed by atoms with Crippen LogP contribution in [0.3, 0.4) is 0 Å². The number of aryl methyl sites for hydroxylation is 1. The molecule has 0 radical (unpaired) electrons. The molecule has 0 aliphatic heterocycles. The van der Waals surface area contributed by atoms with E-state index in [1.165, 1.54) is 6.92 Å². The number of rotatable bonds is 2. The molecule has 0 saturated heterocycles. The molecule has 0 fully saturated rings. The van der Waals surface area contributed by atoms with Crippen molar-refractivity contribution in [2.75, 3.05) is 0 Å². The largest absolute Gasteiger partial charge is 0.506 e. The van der Waals surface area contributed by atoms with Gasteiger partial charge >= 0.3 is 0 Å². The Balaban J connectivity index is 3.20. The lowest BCUT2D eigenvalue weighted by molar-refractivity contribution is 0.149. The van der Waals surface area contributed by atoms with Crippen molar-refractivity contribution in [3.05, 3.63) is 23.0 Å². The Morgan fingerprint density at radius 3 is 2.69 bits per heavy atom. The first-order valence-corrected chi connectivity index (χ1v) is 3.74. The molecule has 0 unspecified atom stereocenters. The summed E-state index contributed by atoms with van der Waals surface area (Å²) in [7, 11) is 0. The highest BCUT2D eigenvalue weighted by Crippen LogP contribution is 2.26. The molecule has 1 aromatic rings. The van der Waals surface area contributed by atoms with E-state index in [1.807, 2.05) is 0 Å². The SMILES string of the molecule is Cc1nc(CN)c(O)cc1C(F)F. The molecule has 3 N–H and O–H groups in total. The smallest absolute Gasteiger partial charge is 0.265 e. The third kappa shape index (κ3) is 1.92. The van der Waals surface area contributed by atoms with Crippen molar-refractivity contribution >= 4 is 0 Å². The van der Waals surface area contributed by atoms with Crippen LogP contribution in [-0.4, -0.2) is 10.1 Å². The molecule has 0 spiro atoms. The van der Waals surface area contributed by atoms with Crippen molar-refractivity contribution in [3.8, 4) is 5.75 Å². The van der Waals surface area contributed by atoms with Crippen LogP contribution in [0.4, 0.5) is 8.78 Å². The highest BCUT2D eigenvalue weighted by molar-refractivity contribution is 5.34. The van der Waals surface area contributed by atoms with Crippen molar-refractivity contribution in [3.63, 3.8) is 0 Å². The summed E-state index contributed by atoms with van der Waals surface area (Å²) in [5, 5.41) is 9.19. The van der Waals surface area contributed by atoms with E-state index in [9.17, 15) is 13.9 Å². The molecular formula is C8H10F2N2O. The number of pyridine rings is 1. The summed E-state index contributed by atoms with van der Waals surface area (Å²) in [6.45, 7) is 1.50. The summed E-state index contributed by atoms with van der Waals surface area (Å²) in [6, 6.07) is 1.01. The number of nitrogens with zero attached hydrogens (tertiary/aromatic N) is 1. The van der Waals surface area contributed by atoms with Crippen LogP contribution in [0.25, 0.3) is 0 Å². The van der Waals surface area contributed by atoms with Gasteiger partial charge < -0.3 is 10.8 Å². The quantitative estimate of drug-likeness (QED) is 0.739. The van der Waals surface area contributed by atoms with Gasteiger partial charge in [-0.05, 0) is 13.0 Å². The lowest BCUT2D eigenvalue weighted by Crippen LogP contribution is -2.03. The molecular weight excluding hydrogens is 178 g/mol. The zero-order valence-corrected chi connectivity index (χ0v) is 7.09. The summed E-state index contributed by atoms with van der Waals surface area (Å²) >= 11 is 0. The van der Waals surface area contributed by atoms with Gasteiger partial charge in [0.1, 0.15) is 5.75 Å². The third-order valence-corrected chi connectivity index (χ3v) is 1.74. The van der Waals surface area contributed by atoms with Crippen LogP contribution in [-0.2, 0) is 6.54 Å². The second kappa shape index (κ2) is 3.66. The molecule has 0 bridgehead atoms. The summed E-state index contributed by atoms with van der Waals surface area (Å²) in [5.74, 6) is -0.275. The fourth-order valence-corrected chi connectivity index (χ4v) is 1.03. The van der Waals surface area contributed by atoms with Crippen LogP contribution < -0.4 is 5.73 Å². The Bertz CT molecular complexity index is 315. The lowest BCUT2D eigenvalue weighted by Gasteiger charge is -2.07. The number of aromatic hydroxyl groups is 1. The number of nitrogens with two attached hydrogens (primary N) is 1. The first-order valence-electron chi connectivity index (χ1n) is 3.74. The summed E-state index contributed by atoms with van der Waals surface area (Å²) in [5.41, 5.74) is 5.42. The molecule has 72 valence electrons. The Morgan fingerprint density at radius 1 is 1.62 bits per heavy atom. The van der Waals surface area contributed by atoms with Gasteiger partial charge in [-0.3, -0.25) is 4.98 Å². The standard InChI is InChI=1S/C8H10F2N2O/c1-4-5(8(9)10)2-7(13)6(3-11)12-4/h2,8,13H,3,11H2,1H3. The maximum absolute atomic E-state index is 12.3. The fourth-order valence-electron chi connectivity index (χ4n) is 1.03. The van der Waals surface area contributed by atoms with E-state index in [-0.39, 0.29) is 29.2 Å². The van der Waals surface area contributed by atoms with Crippen LogP contribution >= 0.6 is 0 Å². The highest BCUT2D eigenvalue weighted by Gasteiger charge is 2.14. The predicted molar refractivity (Wildman–Crippen MR) is 43.5 cm³/mol. The van der Waals surface area contributed by atoms with Crippen molar-refractivity contribution in [1.82, 2.24) is 4.98 Å². The van der Waals surface area contributed by atoms with E-state index in [1.54, 1.807) is 0 Å². The summed E-state index contributed by atoms with van der Waals surface area (Å²) in [6.07, 6.45) is -2.62. The number of halogens is 2. The van der Waals surface area contributed by atoms with Crippen LogP contribution in [0.1, 0.15) is 23.4 Å². The zero-order valence-electron chi connectivity index (χ0n) is 7.09. The van der Waals surface area contributed by atoms with E-state index < -0.39 is 6.43 Å². The maximum Gasteiger partial charge on any atom is 0.265 e. The van der Waals surface area contributed by atoms with Gasteiger partial charge in [0.25, 0.3) is 6.43 Å². The van der Waals surface area contributed by atoms with Gasteiger partial charge in [-0.1, -0.05) is 0 Å². The summed E-state index contributed by atoms with van der Waals surface area (Å²) in [4.78, 5) is 3.76. The van der Waals surface area contributed by atoms with E-state index in [4.69, 9.17) is 5.73 Å². The fraction of sp³-hybridized carbons (Fsp3) is 0.375. The monoisotopic (exact) mass is 188 g/mol. The second-order valence-electron chi connectivity index (χ2n) is 2.63. The zero-order chi connectivity index (χ0) is 10.0. The van der Waals surface area contributed by atoms with Crippen molar-refractivity contribution in [2.45, 2.75) is 19.9 Å². The maximum atomic E-state index is 12.3. The molecule has 3 nitrogen and oxygen atoms in total. The molecule has 1 aromatic heterocycles. The lowest BCUT2D eigenvalue weighted by atomic mass is 10.2. The van der Waals surface area contributed by atoms with Gasteiger partial charge in [-0.15, -0.1) is 0 Å². The van der Waals surface area contributed by atoms with Gasteiger partial charge in [-0.2, -0.15) is 0 Å². The van der Waals surface area contributed by atoms with Crippen LogP contribution in [0.2, 0.25) is 0 Å². The molecule has 0 aromatic carbocycles. The molecule has 0 amide bonds. The molecule has 13 heavy (non-hydrogen) atoms. The third-order valence-electron chi connectivity index (χ3n) is 1.74. The molecule has 0 aliphatic carbocycles. The minimum Gasteiger partial charge on any atom is -0.506 e. The summed E-state index contributed by atoms with van der Waals surface area (Å²) < 4.78 is 24.5. The number of aromatic nitrogens is 1. The Morgan fingerprint density at radius 2 is 2.23 bits per heavy atom. The first-order chi connectivity index (χ1) is 6.06. The number of hydrogen-bond acceptors (Lipinski definition) is 3. The van der Waals surface area contributed by atoms with Crippen molar-refractivity contribution in [2.24, 2.45) is 5.73 Å². The van der Waals surface area contributed by atoms with Crippen LogP contribution in [0, 0.1) is 6.92 Å². The Labute approximate surface area is 74.2 Å². The van der Waals surface area contributed by atoms with Gasteiger partial charge in [0.15, 0.2) is 0 Å². The predicted octanol–water partition coefficient (Wildman–Crippen LogP) is 1.49. The van der Waals surface area contributed by atoms with Crippen LogP contribution in [0.5, 0.6) is 5.75 Å². The van der Waals surface area contributed by atoms with Gasteiger partial charge in [0.2, 0.25) is 0 Å². The average molecular weight is 188 g/mol. The minimum absolute atomic E-state index is 0.0379. The minimum atomic E-state index is -2.62. The number of hydrogen-bond donors (Lipinski definition) is 2. The molecule has 5 heteroatoms. The van der Waals surface area contributed by atoms with E-state index in [2.05, 4.69) is 4.98 Å². The Hall–Kier alpha value is -1.23. The molecule has 0 atom stereocenters. The first kappa shape index (κ1) is 9.85. The van der Waals surface area contributed by atoms with Gasteiger partial charge in [0.05, 0.1) is 5.69 Å². The van der Waals surface area contributed by atoms with Gasteiger partial charge in [-0.25, -0.2) is 8.78 Å². The molecule has 0 aliphatic rings. The second-order valence-corrected chi connectivity index (χ2v) is 2.63. The van der Waals surface area contributed by atoms with E-state index in [0.29, 0.717) is 0 Å². The molecule has 1 rings (SSSR count). The van der Waals surface area contributed by atoms with E-state index in [0.717, 1.165) is 6.07 Å². The Kier molecular flexibility index (Phi) is 2.77. The average Bonchev–Trinajstić information content (AvgIpc) is 2.07. The van der Waals surface area contributed by atoms with Crippen molar-refractivity contribution in [1.29, 1.82) is 0 Å². The van der Waals surface area contributed by atoms with Gasteiger partial charge in [0, 0.05) is 17.8 Å². The number of alkyl halides is 2. The van der Waals surface area contributed by atoms with Crippen molar-refractivity contribution < 1.29 is 13.9 Å². The molecule has 1 heterocycles. The highest BCUT2D eigenvalue weighted by atomic mass is 19.3. The van der Waals surface area contributed by atoms with E-state index >= 15 is 0 Å². The van der Waals surface area contributed by atoms with Crippen LogP contribution in [0.15, 0.2) is 6.07 Å². The molecule has 0 saturated carbocycles. The normalized spacial score (nSPS) is 10.8. The topological polar surface area (TPSA) is 59.1 Å².